The first-order valence-corrected chi connectivity index (χ1v) is 6.14. The molecule has 0 aliphatic rings. The zero-order chi connectivity index (χ0) is 11.9. The molecule has 0 rings (SSSR count). The Morgan fingerprint density at radius 3 is 2.53 bits per heavy atom. The minimum absolute atomic E-state index is 0.168. The van der Waals surface area contributed by atoms with E-state index >= 15 is 0 Å². The predicted molar refractivity (Wildman–Crippen MR) is 58.6 cm³/mol. The first-order chi connectivity index (χ1) is 6.87. The Bertz CT molecular complexity index is 192. The number of carboxylic acids is 1. The van der Waals surface area contributed by atoms with Gasteiger partial charge in [0, 0.05) is 6.42 Å². The van der Waals surface area contributed by atoms with Gasteiger partial charge in [0.2, 0.25) is 5.92 Å². The van der Waals surface area contributed by atoms with Crippen LogP contribution in [0.5, 0.6) is 0 Å². The van der Waals surface area contributed by atoms with Gasteiger partial charge in [0.15, 0.2) is 0 Å². The van der Waals surface area contributed by atoms with Gasteiger partial charge >= 0.3 is 5.97 Å². The minimum Gasteiger partial charge on any atom is -0.480 e. The predicted octanol–water partition coefficient (Wildman–Crippen LogP) is 3.41. The number of hydrogen-bond acceptors (Lipinski definition) is 2. The summed E-state index contributed by atoms with van der Waals surface area (Å²) in [6.07, 6.45) is 1.59. The number of hydrogen-bond donors (Lipinski definition) is 1. The van der Waals surface area contributed by atoms with Crippen LogP contribution in [0.1, 0.15) is 39.5 Å². The van der Waals surface area contributed by atoms with Gasteiger partial charge in [0.1, 0.15) is 5.25 Å². The molecule has 15 heavy (non-hydrogen) atoms. The SMILES string of the molecule is CCCC(SCCCC(C)(F)F)C(=O)O. The maximum Gasteiger partial charge on any atom is 0.316 e. The van der Waals surface area contributed by atoms with Crippen molar-refractivity contribution in [3.05, 3.63) is 0 Å². The molecule has 0 radical (unpaired) electrons. The van der Waals surface area contributed by atoms with Crippen molar-refractivity contribution in [2.45, 2.75) is 50.7 Å². The quantitative estimate of drug-likeness (QED) is 0.661. The molecule has 1 N–H and O–H groups in total. The van der Waals surface area contributed by atoms with Gasteiger partial charge in [-0.2, -0.15) is 0 Å². The van der Waals surface area contributed by atoms with Crippen LogP contribution >= 0.6 is 11.8 Å². The van der Waals surface area contributed by atoms with Crippen molar-refractivity contribution in [3.63, 3.8) is 0 Å². The third-order valence-corrected chi connectivity index (χ3v) is 3.27. The molecule has 0 aliphatic heterocycles. The van der Waals surface area contributed by atoms with E-state index in [1.165, 1.54) is 11.8 Å². The second kappa shape index (κ2) is 7.04. The summed E-state index contributed by atoms with van der Waals surface area (Å²) in [6.45, 7) is 2.80. The lowest BCUT2D eigenvalue weighted by atomic mass is 10.2. The van der Waals surface area contributed by atoms with Gasteiger partial charge in [-0.15, -0.1) is 11.8 Å². The molecule has 0 saturated carbocycles. The smallest absolute Gasteiger partial charge is 0.316 e. The van der Waals surface area contributed by atoms with E-state index < -0.39 is 17.1 Å². The lowest BCUT2D eigenvalue weighted by Gasteiger charge is -2.12. The van der Waals surface area contributed by atoms with E-state index in [1.54, 1.807) is 0 Å². The van der Waals surface area contributed by atoms with Gasteiger partial charge in [0.25, 0.3) is 0 Å². The number of halogens is 2. The Hall–Kier alpha value is -0.320. The fraction of sp³-hybridized carbons (Fsp3) is 0.900. The molecule has 0 aromatic heterocycles. The maximum atomic E-state index is 12.4. The van der Waals surface area contributed by atoms with Crippen LogP contribution in [0.25, 0.3) is 0 Å². The lowest BCUT2D eigenvalue weighted by Crippen LogP contribution is -2.17. The van der Waals surface area contributed by atoms with Crippen molar-refractivity contribution in [1.29, 1.82) is 0 Å². The Labute approximate surface area is 93.4 Å². The molecule has 0 saturated heterocycles. The molecule has 5 heteroatoms. The Kier molecular flexibility index (Phi) is 6.89. The van der Waals surface area contributed by atoms with E-state index in [0.717, 1.165) is 13.3 Å². The van der Waals surface area contributed by atoms with Crippen molar-refractivity contribution in [2.24, 2.45) is 0 Å². The molecule has 0 amide bonds. The number of carbonyl (C=O) groups is 1. The van der Waals surface area contributed by atoms with Gasteiger partial charge < -0.3 is 5.11 Å². The molecule has 2 nitrogen and oxygen atoms in total. The second-order valence-electron chi connectivity index (χ2n) is 3.66. The number of aliphatic carboxylic acids is 1. The summed E-state index contributed by atoms with van der Waals surface area (Å²) in [5, 5.41) is 8.35. The van der Waals surface area contributed by atoms with Gasteiger partial charge in [-0.3, -0.25) is 4.79 Å². The maximum absolute atomic E-state index is 12.4. The molecule has 0 fully saturated rings. The minimum atomic E-state index is -2.63. The normalized spacial score (nSPS) is 13.9. The van der Waals surface area contributed by atoms with E-state index in [2.05, 4.69) is 0 Å². The topological polar surface area (TPSA) is 37.3 Å². The van der Waals surface area contributed by atoms with Crippen molar-refractivity contribution >= 4 is 17.7 Å². The number of alkyl halides is 2. The van der Waals surface area contributed by atoms with Gasteiger partial charge in [-0.1, -0.05) is 13.3 Å². The summed E-state index contributed by atoms with van der Waals surface area (Å²) in [6, 6.07) is 0. The highest BCUT2D eigenvalue weighted by atomic mass is 32.2. The first kappa shape index (κ1) is 14.7. The van der Waals surface area contributed by atoms with E-state index in [-0.39, 0.29) is 6.42 Å². The molecule has 1 atom stereocenters. The highest BCUT2D eigenvalue weighted by Gasteiger charge is 2.21. The summed E-state index contributed by atoms with van der Waals surface area (Å²) in [5.41, 5.74) is 0. The Morgan fingerprint density at radius 1 is 1.53 bits per heavy atom. The van der Waals surface area contributed by atoms with Crippen molar-refractivity contribution in [2.75, 3.05) is 5.75 Å². The fourth-order valence-electron chi connectivity index (χ4n) is 1.15. The lowest BCUT2D eigenvalue weighted by molar-refractivity contribution is -0.136. The van der Waals surface area contributed by atoms with Crippen LogP contribution in [-0.4, -0.2) is 28.0 Å². The van der Waals surface area contributed by atoms with Crippen LogP contribution < -0.4 is 0 Å². The average Bonchev–Trinajstić information content (AvgIpc) is 2.08. The van der Waals surface area contributed by atoms with Crippen molar-refractivity contribution in [3.8, 4) is 0 Å². The fourth-order valence-corrected chi connectivity index (χ4v) is 2.29. The van der Waals surface area contributed by atoms with Crippen LogP contribution in [-0.2, 0) is 4.79 Å². The van der Waals surface area contributed by atoms with Crippen LogP contribution in [0.15, 0.2) is 0 Å². The molecule has 1 unspecified atom stereocenters. The average molecular weight is 240 g/mol. The van der Waals surface area contributed by atoms with Gasteiger partial charge in [0.05, 0.1) is 0 Å². The van der Waals surface area contributed by atoms with E-state index in [9.17, 15) is 13.6 Å². The summed E-state index contributed by atoms with van der Waals surface area (Å²) in [7, 11) is 0. The zero-order valence-electron chi connectivity index (χ0n) is 9.13. The third kappa shape index (κ3) is 8.66. The van der Waals surface area contributed by atoms with Crippen LogP contribution in [0, 0.1) is 0 Å². The standard InChI is InChI=1S/C10H18F2O2S/c1-3-5-8(9(13)14)15-7-4-6-10(2,11)12/h8H,3-7H2,1-2H3,(H,13,14). The van der Waals surface area contributed by atoms with Gasteiger partial charge in [-0.25, -0.2) is 8.78 Å². The largest absolute Gasteiger partial charge is 0.480 e. The summed E-state index contributed by atoms with van der Waals surface area (Å²) >= 11 is 1.26. The molecule has 90 valence electrons. The van der Waals surface area contributed by atoms with Crippen LogP contribution in [0.3, 0.4) is 0 Å². The number of carboxylic acid groups (broad SMARTS) is 1. The highest BCUT2D eigenvalue weighted by molar-refractivity contribution is 8.00. The molecule has 0 aliphatic carbocycles. The first-order valence-electron chi connectivity index (χ1n) is 5.09. The van der Waals surface area contributed by atoms with E-state index in [4.69, 9.17) is 5.11 Å². The Balaban J connectivity index is 3.67. The molecule has 0 aromatic rings. The molecular weight excluding hydrogens is 222 g/mol. The Morgan fingerprint density at radius 2 is 2.13 bits per heavy atom. The monoisotopic (exact) mass is 240 g/mol. The van der Waals surface area contributed by atoms with Crippen LogP contribution in [0.2, 0.25) is 0 Å². The zero-order valence-corrected chi connectivity index (χ0v) is 9.95. The molecule has 0 heterocycles. The number of rotatable bonds is 8. The highest BCUT2D eigenvalue weighted by Crippen LogP contribution is 2.23. The van der Waals surface area contributed by atoms with Crippen LogP contribution in [0.4, 0.5) is 8.78 Å². The molecule has 0 spiro atoms. The van der Waals surface area contributed by atoms with E-state index in [0.29, 0.717) is 18.6 Å². The van der Waals surface area contributed by atoms with Crippen molar-refractivity contribution in [1.82, 2.24) is 0 Å². The molecule has 0 aromatic carbocycles. The number of thioether (sulfide) groups is 1. The van der Waals surface area contributed by atoms with Gasteiger partial charge in [-0.05, 0) is 25.5 Å². The summed E-state index contributed by atoms with van der Waals surface area (Å²) in [4.78, 5) is 10.7. The summed E-state index contributed by atoms with van der Waals surface area (Å²) < 4.78 is 24.9. The third-order valence-electron chi connectivity index (χ3n) is 1.91. The van der Waals surface area contributed by atoms with Crippen molar-refractivity contribution < 1.29 is 18.7 Å². The second-order valence-corrected chi connectivity index (χ2v) is 4.97. The summed E-state index contributed by atoms with van der Waals surface area (Å²) in [5.74, 6) is -2.99. The molecular formula is C10H18F2O2S. The molecule has 0 bridgehead atoms. The van der Waals surface area contributed by atoms with E-state index in [1.807, 2.05) is 6.92 Å².